The van der Waals surface area contributed by atoms with Crippen molar-refractivity contribution < 1.29 is 4.92 Å². The van der Waals surface area contributed by atoms with Gasteiger partial charge in [0.05, 0.1) is 17.7 Å². The third kappa shape index (κ3) is 4.19. The van der Waals surface area contributed by atoms with E-state index in [0.29, 0.717) is 12.5 Å². The lowest BCUT2D eigenvalue weighted by Crippen LogP contribution is -2.40. The van der Waals surface area contributed by atoms with Crippen LogP contribution in [0.5, 0.6) is 0 Å². The van der Waals surface area contributed by atoms with Crippen molar-refractivity contribution in [2.45, 2.75) is 25.8 Å². The second-order valence-electron chi connectivity index (χ2n) is 6.48. The molecule has 0 bridgehead atoms. The second-order valence-corrected chi connectivity index (χ2v) is 6.48. The highest BCUT2D eigenvalue weighted by Gasteiger charge is 2.26. The maximum Gasteiger partial charge on any atom is 0.269 e. The number of hydrogen-bond acceptors (Lipinski definition) is 4. The van der Waals surface area contributed by atoms with E-state index >= 15 is 0 Å². The molecule has 0 amide bonds. The van der Waals surface area contributed by atoms with Crippen LogP contribution in [0.15, 0.2) is 41.7 Å². The van der Waals surface area contributed by atoms with Crippen LogP contribution in [0, 0.1) is 10.1 Å². The van der Waals surface area contributed by atoms with E-state index in [2.05, 4.69) is 26.5 Å². The van der Waals surface area contributed by atoms with Crippen LogP contribution in [-0.2, 0) is 13.6 Å². The number of aromatic nitrogens is 2. The van der Waals surface area contributed by atoms with E-state index < -0.39 is 0 Å². The van der Waals surface area contributed by atoms with Crippen molar-refractivity contribution in [1.82, 2.24) is 20.0 Å². The number of likely N-dealkylation sites (tertiary alicyclic amines) is 1. The van der Waals surface area contributed by atoms with Crippen molar-refractivity contribution in [2.75, 3.05) is 19.6 Å². The summed E-state index contributed by atoms with van der Waals surface area (Å²) in [6.45, 7) is 5.06. The summed E-state index contributed by atoms with van der Waals surface area (Å²) in [5, 5.41) is 18.5. The molecule has 1 N–H and O–H groups in total. The summed E-state index contributed by atoms with van der Waals surface area (Å²) in [6.07, 6.45) is 5.07. The minimum Gasteiger partial charge on any atom is -0.357 e. The van der Waals surface area contributed by atoms with Crippen LogP contribution in [0.2, 0.25) is 0 Å². The Morgan fingerprint density at radius 3 is 3.04 bits per heavy atom. The molecule has 2 aromatic rings. The topological polar surface area (TPSA) is 88.6 Å². The number of nitro groups is 1. The van der Waals surface area contributed by atoms with Gasteiger partial charge in [-0.05, 0) is 24.5 Å². The molecule has 1 aromatic heterocycles. The van der Waals surface area contributed by atoms with E-state index in [1.165, 1.54) is 11.6 Å². The SMILES string of the molecule is CCNC(=NCc1cccc([N+](=O)[O-])c1)N1CCC(c2cnn(C)c2)C1. The Labute approximate surface area is 152 Å². The molecule has 1 fully saturated rings. The van der Waals surface area contributed by atoms with Crippen molar-refractivity contribution in [3.63, 3.8) is 0 Å². The van der Waals surface area contributed by atoms with E-state index in [9.17, 15) is 10.1 Å². The number of nitro benzene ring substituents is 1. The molecule has 0 radical (unpaired) electrons. The number of rotatable bonds is 5. The van der Waals surface area contributed by atoms with Crippen LogP contribution in [0.1, 0.15) is 30.4 Å². The first-order valence-electron chi connectivity index (χ1n) is 8.82. The van der Waals surface area contributed by atoms with Gasteiger partial charge in [0.2, 0.25) is 0 Å². The first kappa shape index (κ1) is 17.9. The number of nitrogens with one attached hydrogen (secondary N) is 1. The number of aliphatic imine (C=N–C) groups is 1. The van der Waals surface area contributed by atoms with Gasteiger partial charge in [0.15, 0.2) is 5.96 Å². The lowest BCUT2D eigenvalue weighted by atomic mass is 10.0. The van der Waals surface area contributed by atoms with E-state index in [1.807, 2.05) is 30.9 Å². The predicted octanol–water partition coefficient (Wildman–Crippen LogP) is 2.28. The van der Waals surface area contributed by atoms with Crippen molar-refractivity contribution in [3.05, 3.63) is 57.9 Å². The highest BCUT2D eigenvalue weighted by Crippen LogP contribution is 2.26. The largest absolute Gasteiger partial charge is 0.357 e. The number of hydrogen-bond donors (Lipinski definition) is 1. The Balaban J connectivity index is 1.69. The Morgan fingerprint density at radius 1 is 1.50 bits per heavy atom. The molecule has 1 aromatic carbocycles. The average molecular weight is 356 g/mol. The fraction of sp³-hybridized carbons (Fsp3) is 0.444. The third-order valence-electron chi connectivity index (χ3n) is 4.55. The maximum absolute atomic E-state index is 10.9. The zero-order chi connectivity index (χ0) is 18.5. The van der Waals surface area contributed by atoms with Gasteiger partial charge in [-0.25, -0.2) is 4.99 Å². The highest BCUT2D eigenvalue weighted by molar-refractivity contribution is 5.80. The van der Waals surface area contributed by atoms with Gasteiger partial charge in [0.25, 0.3) is 5.69 Å². The number of guanidine groups is 1. The molecule has 1 aliphatic rings. The molecule has 1 unspecified atom stereocenters. The summed E-state index contributed by atoms with van der Waals surface area (Å²) < 4.78 is 1.83. The standard InChI is InChI=1S/C18H24N6O2/c1-3-19-18(20-10-14-5-4-6-17(9-14)24(25)26)23-8-7-15(13-23)16-11-21-22(2)12-16/h4-6,9,11-12,15H,3,7-8,10,13H2,1-2H3,(H,19,20). The molecule has 0 spiro atoms. The molecule has 1 saturated heterocycles. The summed E-state index contributed by atoms with van der Waals surface area (Å²) in [4.78, 5) is 17.5. The number of nitrogens with zero attached hydrogens (tertiary/aromatic N) is 5. The summed E-state index contributed by atoms with van der Waals surface area (Å²) in [6, 6.07) is 6.64. The van der Waals surface area contributed by atoms with Gasteiger partial charge in [-0.1, -0.05) is 12.1 Å². The molecule has 2 heterocycles. The predicted molar refractivity (Wildman–Crippen MR) is 100 cm³/mol. The lowest BCUT2D eigenvalue weighted by Gasteiger charge is -2.21. The molecular formula is C18H24N6O2. The molecule has 3 rings (SSSR count). The second kappa shape index (κ2) is 7.99. The molecule has 1 aliphatic heterocycles. The Morgan fingerprint density at radius 2 is 2.35 bits per heavy atom. The first-order chi connectivity index (χ1) is 12.6. The fourth-order valence-electron chi connectivity index (χ4n) is 3.24. The Kier molecular flexibility index (Phi) is 5.50. The molecule has 0 aliphatic carbocycles. The summed E-state index contributed by atoms with van der Waals surface area (Å²) in [5.74, 6) is 1.30. The summed E-state index contributed by atoms with van der Waals surface area (Å²) >= 11 is 0. The van der Waals surface area contributed by atoms with Gasteiger partial charge in [-0.15, -0.1) is 0 Å². The van der Waals surface area contributed by atoms with Crippen molar-refractivity contribution >= 4 is 11.6 Å². The van der Waals surface area contributed by atoms with Gasteiger partial charge in [0.1, 0.15) is 0 Å². The lowest BCUT2D eigenvalue weighted by molar-refractivity contribution is -0.384. The average Bonchev–Trinajstić information content (AvgIpc) is 3.28. The summed E-state index contributed by atoms with van der Waals surface area (Å²) in [5.41, 5.74) is 2.18. The van der Waals surface area contributed by atoms with E-state index in [-0.39, 0.29) is 10.6 Å². The normalized spacial score (nSPS) is 17.5. The monoisotopic (exact) mass is 356 g/mol. The Bertz CT molecular complexity index is 800. The zero-order valence-electron chi connectivity index (χ0n) is 15.1. The van der Waals surface area contributed by atoms with Gasteiger partial charge < -0.3 is 10.2 Å². The van der Waals surface area contributed by atoms with Crippen molar-refractivity contribution in [1.29, 1.82) is 0 Å². The fourth-order valence-corrected chi connectivity index (χ4v) is 3.24. The van der Waals surface area contributed by atoms with Crippen LogP contribution >= 0.6 is 0 Å². The molecule has 8 nitrogen and oxygen atoms in total. The number of benzene rings is 1. The van der Waals surface area contributed by atoms with Crippen LogP contribution < -0.4 is 5.32 Å². The molecule has 26 heavy (non-hydrogen) atoms. The third-order valence-corrected chi connectivity index (χ3v) is 4.55. The van der Waals surface area contributed by atoms with Crippen molar-refractivity contribution in [3.8, 4) is 0 Å². The number of aryl methyl sites for hydroxylation is 1. The van der Waals surface area contributed by atoms with Crippen LogP contribution in [-0.4, -0.2) is 45.2 Å². The van der Waals surface area contributed by atoms with Crippen LogP contribution in [0.25, 0.3) is 0 Å². The van der Waals surface area contributed by atoms with Gasteiger partial charge in [0, 0.05) is 50.9 Å². The zero-order valence-corrected chi connectivity index (χ0v) is 15.1. The smallest absolute Gasteiger partial charge is 0.269 e. The van der Waals surface area contributed by atoms with Gasteiger partial charge >= 0.3 is 0 Å². The van der Waals surface area contributed by atoms with Gasteiger partial charge in [-0.2, -0.15) is 5.10 Å². The van der Waals surface area contributed by atoms with Crippen LogP contribution in [0.3, 0.4) is 0 Å². The van der Waals surface area contributed by atoms with Crippen LogP contribution in [0.4, 0.5) is 5.69 Å². The highest BCUT2D eigenvalue weighted by atomic mass is 16.6. The molecular weight excluding hydrogens is 332 g/mol. The molecule has 138 valence electrons. The Hall–Kier alpha value is -2.90. The number of non-ortho nitro benzene ring substituents is 1. The molecule has 8 heteroatoms. The van der Waals surface area contributed by atoms with Gasteiger partial charge in [-0.3, -0.25) is 14.8 Å². The molecule has 0 saturated carbocycles. The van der Waals surface area contributed by atoms with E-state index in [0.717, 1.165) is 37.6 Å². The minimum absolute atomic E-state index is 0.0977. The molecule has 1 atom stereocenters. The minimum atomic E-state index is -0.378. The maximum atomic E-state index is 10.9. The summed E-state index contributed by atoms with van der Waals surface area (Å²) in [7, 11) is 1.93. The first-order valence-corrected chi connectivity index (χ1v) is 8.82. The van der Waals surface area contributed by atoms with Crippen molar-refractivity contribution in [2.24, 2.45) is 12.0 Å². The van der Waals surface area contributed by atoms with E-state index in [1.54, 1.807) is 12.1 Å². The quantitative estimate of drug-likeness (QED) is 0.384. The van der Waals surface area contributed by atoms with E-state index in [4.69, 9.17) is 0 Å².